The summed E-state index contributed by atoms with van der Waals surface area (Å²) in [5.74, 6) is 0.477. The molecule has 0 fully saturated rings. The molecule has 176 valence electrons. The van der Waals surface area contributed by atoms with E-state index in [1.807, 2.05) is 6.07 Å². The summed E-state index contributed by atoms with van der Waals surface area (Å²) in [6, 6.07) is 16.8. The van der Waals surface area contributed by atoms with E-state index in [-0.39, 0.29) is 28.7 Å². The van der Waals surface area contributed by atoms with Gasteiger partial charge in [0.15, 0.2) is 5.16 Å². The number of nitrogens with zero attached hydrogens (tertiary/aromatic N) is 2. The fourth-order valence-electron chi connectivity index (χ4n) is 3.33. The van der Waals surface area contributed by atoms with Crippen LogP contribution >= 0.6 is 11.8 Å². The molecule has 9 nitrogen and oxygen atoms in total. The zero-order valence-corrected chi connectivity index (χ0v) is 19.6. The minimum atomic E-state index is -3.73. The first-order valence-electron chi connectivity index (χ1n) is 10.3. The molecule has 0 bridgehead atoms. The van der Waals surface area contributed by atoms with Gasteiger partial charge >= 0.3 is 0 Å². The first kappa shape index (κ1) is 23.7. The molecular weight excluding hydrogens is 476 g/mol. The number of nitrogens with two attached hydrogens (primary N) is 1. The quantitative estimate of drug-likeness (QED) is 0.266. The molecule has 0 aliphatic heterocycles. The highest BCUT2D eigenvalue weighted by Gasteiger charge is 2.14. The summed E-state index contributed by atoms with van der Waals surface area (Å²) in [6.07, 6.45) is 2.07. The molecule has 0 spiro atoms. The maximum atomic E-state index is 13.1. The van der Waals surface area contributed by atoms with Crippen molar-refractivity contribution in [1.29, 1.82) is 0 Å². The van der Waals surface area contributed by atoms with Crippen molar-refractivity contribution in [3.8, 4) is 0 Å². The van der Waals surface area contributed by atoms with Gasteiger partial charge in [-0.3, -0.25) is 14.2 Å². The summed E-state index contributed by atoms with van der Waals surface area (Å²) in [4.78, 5) is 30.1. The summed E-state index contributed by atoms with van der Waals surface area (Å²) >= 11 is 1.17. The maximum absolute atomic E-state index is 13.1. The first-order valence-corrected chi connectivity index (χ1v) is 12.9. The Bertz CT molecular complexity index is 1460. The fraction of sp³-hybridized carbons (Fsp3) is 0.174. The van der Waals surface area contributed by atoms with Gasteiger partial charge < -0.3 is 9.73 Å². The SMILES string of the molecule is NS(=O)(=O)c1ccc(CCNC(=O)CSc2nc3ccccc3c(=O)n2Cc2ccco2)cc1. The molecule has 0 atom stereocenters. The van der Waals surface area contributed by atoms with Crippen LogP contribution in [0.3, 0.4) is 0 Å². The number of carbonyl (C=O) groups is 1. The highest BCUT2D eigenvalue weighted by Crippen LogP contribution is 2.19. The molecule has 4 rings (SSSR count). The molecule has 0 aliphatic rings. The van der Waals surface area contributed by atoms with E-state index in [1.54, 1.807) is 42.5 Å². The van der Waals surface area contributed by atoms with E-state index < -0.39 is 10.0 Å². The second-order valence-corrected chi connectivity index (χ2v) is 9.96. The molecule has 0 saturated carbocycles. The molecule has 0 unspecified atom stereocenters. The maximum Gasteiger partial charge on any atom is 0.262 e. The van der Waals surface area contributed by atoms with Crippen molar-refractivity contribution in [2.24, 2.45) is 5.14 Å². The number of aromatic nitrogens is 2. The van der Waals surface area contributed by atoms with Gasteiger partial charge in [0, 0.05) is 6.54 Å². The van der Waals surface area contributed by atoms with Crippen molar-refractivity contribution in [2.75, 3.05) is 12.3 Å². The fourth-order valence-corrected chi connectivity index (χ4v) is 4.67. The molecular formula is C23H22N4O5S2. The van der Waals surface area contributed by atoms with E-state index in [9.17, 15) is 18.0 Å². The van der Waals surface area contributed by atoms with Gasteiger partial charge in [-0.25, -0.2) is 18.5 Å². The number of thioether (sulfide) groups is 1. The van der Waals surface area contributed by atoms with Gasteiger partial charge in [0.05, 0.1) is 34.4 Å². The number of fused-ring (bicyclic) bond motifs is 1. The molecule has 0 aliphatic carbocycles. The van der Waals surface area contributed by atoms with E-state index >= 15 is 0 Å². The summed E-state index contributed by atoms with van der Waals surface area (Å²) in [7, 11) is -3.73. The van der Waals surface area contributed by atoms with Crippen LogP contribution in [0.4, 0.5) is 0 Å². The standard InChI is InChI=1S/C23H22N4O5S2/c24-34(30,31)18-9-7-16(8-10-18)11-12-25-21(28)15-33-23-26-20-6-2-1-5-19(20)22(29)27(23)14-17-4-3-13-32-17/h1-10,13H,11-12,14-15H2,(H,25,28)(H2,24,30,31). The Balaban J connectivity index is 1.40. The molecule has 3 N–H and O–H groups in total. The third kappa shape index (κ3) is 5.74. The molecule has 0 saturated heterocycles. The van der Waals surface area contributed by atoms with Crippen LogP contribution in [0, 0.1) is 0 Å². The van der Waals surface area contributed by atoms with Gasteiger partial charge in [0.25, 0.3) is 5.56 Å². The van der Waals surface area contributed by atoms with Crippen molar-refractivity contribution < 1.29 is 17.6 Å². The van der Waals surface area contributed by atoms with Gasteiger partial charge in [-0.1, -0.05) is 36.0 Å². The lowest BCUT2D eigenvalue weighted by Gasteiger charge is -2.12. The number of hydrogen-bond donors (Lipinski definition) is 2. The number of amides is 1. The van der Waals surface area contributed by atoms with Crippen molar-refractivity contribution in [3.63, 3.8) is 0 Å². The van der Waals surface area contributed by atoms with Crippen molar-refractivity contribution >= 4 is 38.6 Å². The minimum absolute atomic E-state index is 0.0418. The Morgan fingerprint density at radius 1 is 1.09 bits per heavy atom. The largest absolute Gasteiger partial charge is 0.467 e. The van der Waals surface area contributed by atoms with E-state index in [0.29, 0.717) is 34.8 Å². The third-order valence-corrected chi connectivity index (χ3v) is 6.95. The van der Waals surface area contributed by atoms with E-state index in [1.165, 1.54) is 34.7 Å². The number of hydrogen-bond acceptors (Lipinski definition) is 7. The van der Waals surface area contributed by atoms with Crippen LogP contribution in [0.1, 0.15) is 11.3 Å². The number of benzene rings is 2. The molecule has 0 radical (unpaired) electrons. The predicted octanol–water partition coefficient (Wildman–Crippen LogP) is 2.14. The van der Waals surface area contributed by atoms with Crippen LogP contribution in [-0.2, 0) is 27.8 Å². The lowest BCUT2D eigenvalue weighted by atomic mass is 10.1. The lowest BCUT2D eigenvalue weighted by molar-refractivity contribution is -0.118. The molecule has 2 aromatic heterocycles. The average molecular weight is 499 g/mol. The monoisotopic (exact) mass is 498 g/mol. The zero-order valence-electron chi connectivity index (χ0n) is 18.0. The summed E-state index contributed by atoms with van der Waals surface area (Å²) < 4.78 is 29.6. The predicted molar refractivity (Wildman–Crippen MR) is 129 cm³/mol. The minimum Gasteiger partial charge on any atom is -0.467 e. The first-order chi connectivity index (χ1) is 16.3. The number of para-hydroxylation sites is 1. The smallest absolute Gasteiger partial charge is 0.262 e. The normalized spacial score (nSPS) is 11.6. The Hall–Kier alpha value is -3.41. The van der Waals surface area contributed by atoms with E-state index in [0.717, 1.165) is 5.56 Å². The Kier molecular flexibility index (Phi) is 7.15. The Morgan fingerprint density at radius 2 is 1.85 bits per heavy atom. The van der Waals surface area contributed by atoms with Crippen LogP contribution < -0.4 is 16.0 Å². The summed E-state index contributed by atoms with van der Waals surface area (Å²) in [6.45, 7) is 0.584. The average Bonchev–Trinajstić information content (AvgIpc) is 3.33. The third-order valence-electron chi connectivity index (χ3n) is 5.04. The Morgan fingerprint density at radius 3 is 2.56 bits per heavy atom. The highest BCUT2D eigenvalue weighted by molar-refractivity contribution is 7.99. The molecule has 34 heavy (non-hydrogen) atoms. The number of carbonyl (C=O) groups excluding carboxylic acids is 1. The zero-order chi connectivity index (χ0) is 24.1. The van der Waals surface area contributed by atoms with Gasteiger partial charge in [0.1, 0.15) is 5.76 Å². The van der Waals surface area contributed by atoms with Crippen LogP contribution in [0.25, 0.3) is 10.9 Å². The second kappa shape index (κ2) is 10.2. The molecule has 2 heterocycles. The van der Waals surface area contributed by atoms with Gasteiger partial charge in [-0.15, -0.1) is 0 Å². The summed E-state index contributed by atoms with van der Waals surface area (Å²) in [5.41, 5.74) is 1.23. The number of primary sulfonamides is 1. The molecule has 11 heteroatoms. The van der Waals surface area contributed by atoms with Crippen LogP contribution in [0.2, 0.25) is 0 Å². The van der Waals surface area contributed by atoms with Crippen molar-refractivity contribution in [3.05, 3.63) is 88.6 Å². The topological polar surface area (TPSA) is 137 Å². The van der Waals surface area contributed by atoms with Crippen LogP contribution in [0.15, 0.2) is 86.2 Å². The molecule has 2 aromatic carbocycles. The highest BCUT2D eigenvalue weighted by atomic mass is 32.2. The lowest BCUT2D eigenvalue weighted by Crippen LogP contribution is -2.28. The van der Waals surface area contributed by atoms with Crippen LogP contribution in [-0.4, -0.2) is 36.2 Å². The van der Waals surface area contributed by atoms with Crippen molar-refractivity contribution in [1.82, 2.24) is 14.9 Å². The second-order valence-electron chi connectivity index (χ2n) is 7.46. The molecule has 1 amide bonds. The molecule has 4 aromatic rings. The summed E-state index contributed by atoms with van der Waals surface area (Å²) in [5, 5.41) is 8.85. The van der Waals surface area contributed by atoms with Gasteiger partial charge in [-0.05, 0) is 48.4 Å². The van der Waals surface area contributed by atoms with Gasteiger partial charge in [-0.2, -0.15) is 0 Å². The number of nitrogens with one attached hydrogen (secondary N) is 1. The van der Waals surface area contributed by atoms with Crippen LogP contribution in [0.5, 0.6) is 0 Å². The van der Waals surface area contributed by atoms with E-state index in [2.05, 4.69) is 10.3 Å². The Labute approximate surface area is 200 Å². The van der Waals surface area contributed by atoms with Crippen molar-refractivity contribution in [2.45, 2.75) is 23.0 Å². The number of rotatable bonds is 9. The van der Waals surface area contributed by atoms with E-state index in [4.69, 9.17) is 9.56 Å². The number of sulfonamides is 1. The number of furan rings is 1. The van der Waals surface area contributed by atoms with Gasteiger partial charge in [0.2, 0.25) is 15.9 Å².